The average Bonchev–Trinajstić information content (AvgIpc) is 2.72. The van der Waals surface area contributed by atoms with Gasteiger partial charge in [0.15, 0.2) is 0 Å². The molecule has 4 rings (SSSR count). The number of pyridine rings is 2. The SMILES string of the molecule is CC1CC(COc2nccc3cc(NC(=O)c4ccccn4)ccc23)CCO1. The minimum Gasteiger partial charge on any atom is -0.477 e. The highest BCUT2D eigenvalue weighted by atomic mass is 16.5. The van der Waals surface area contributed by atoms with Gasteiger partial charge in [-0.1, -0.05) is 6.07 Å². The van der Waals surface area contributed by atoms with E-state index in [9.17, 15) is 4.79 Å². The van der Waals surface area contributed by atoms with E-state index in [1.165, 1.54) is 0 Å². The number of nitrogens with zero attached hydrogens (tertiary/aromatic N) is 2. The second kappa shape index (κ2) is 8.35. The Morgan fingerprint density at radius 3 is 2.96 bits per heavy atom. The summed E-state index contributed by atoms with van der Waals surface area (Å²) in [5, 5.41) is 4.77. The van der Waals surface area contributed by atoms with Gasteiger partial charge in [0.05, 0.1) is 12.7 Å². The largest absolute Gasteiger partial charge is 0.477 e. The van der Waals surface area contributed by atoms with Crippen molar-refractivity contribution in [1.82, 2.24) is 9.97 Å². The van der Waals surface area contributed by atoms with Crippen molar-refractivity contribution in [1.29, 1.82) is 0 Å². The lowest BCUT2D eigenvalue weighted by Gasteiger charge is -2.27. The van der Waals surface area contributed by atoms with Crippen molar-refractivity contribution in [3.63, 3.8) is 0 Å². The van der Waals surface area contributed by atoms with Gasteiger partial charge in [0, 0.05) is 30.1 Å². The summed E-state index contributed by atoms with van der Waals surface area (Å²) in [4.78, 5) is 20.8. The molecular weight excluding hydrogens is 354 g/mol. The van der Waals surface area contributed by atoms with Crippen LogP contribution in [0.3, 0.4) is 0 Å². The van der Waals surface area contributed by atoms with Gasteiger partial charge in [0.1, 0.15) is 5.69 Å². The monoisotopic (exact) mass is 377 g/mol. The maximum Gasteiger partial charge on any atom is 0.274 e. The van der Waals surface area contributed by atoms with Crippen molar-refractivity contribution >= 4 is 22.4 Å². The minimum atomic E-state index is -0.237. The summed E-state index contributed by atoms with van der Waals surface area (Å²) in [6.07, 6.45) is 5.64. The fraction of sp³-hybridized carbons (Fsp3) is 0.318. The number of fused-ring (bicyclic) bond motifs is 1. The highest BCUT2D eigenvalue weighted by Crippen LogP contribution is 2.28. The number of hydrogen-bond donors (Lipinski definition) is 1. The third kappa shape index (κ3) is 4.28. The molecule has 1 amide bonds. The summed E-state index contributed by atoms with van der Waals surface area (Å²) >= 11 is 0. The summed E-state index contributed by atoms with van der Waals surface area (Å²) in [5.74, 6) is 0.871. The maximum absolute atomic E-state index is 12.3. The van der Waals surface area contributed by atoms with E-state index in [-0.39, 0.29) is 12.0 Å². The first-order chi connectivity index (χ1) is 13.7. The number of nitrogens with one attached hydrogen (secondary N) is 1. The Bertz CT molecular complexity index is 962. The highest BCUT2D eigenvalue weighted by Gasteiger charge is 2.20. The molecule has 2 unspecified atom stereocenters. The van der Waals surface area contributed by atoms with Crippen LogP contribution < -0.4 is 10.1 Å². The number of benzene rings is 1. The van der Waals surface area contributed by atoms with Crippen molar-refractivity contribution in [2.75, 3.05) is 18.5 Å². The van der Waals surface area contributed by atoms with Gasteiger partial charge in [-0.15, -0.1) is 0 Å². The predicted molar refractivity (Wildman–Crippen MR) is 108 cm³/mol. The molecule has 2 atom stereocenters. The molecule has 0 saturated carbocycles. The Kier molecular flexibility index (Phi) is 5.48. The van der Waals surface area contributed by atoms with Crippen molar-refractivity contribution in [2.24, 2.45) is 5.92 Å². The van der Waals surface area contributed by atoms with Crippen LogP contribution in [0, 0.1) is 5.92 Å². The van der Waals surface area contributed by atoms with Gasteiger partial charge in [-0.25, -0.2) is 4.98 Å². The molecule has 1 fully saturated rings. The van der Waals surface area contributed by atoms with Gasteiger partial charge in [-0.05, 0) is 67.5 Å². The van der Waals surface area contributed by atoms with E-state index in [4.69, 9.17) is 9.47 Å². The third-order valence-corrected chi connectivity index (χ3v) is 4.93. The van der Waals surface area contributed by atoms with Crippen LogP contribution in [-0.2, 0) is 4.74 Å². The molecule has 144 valence electrons. The molecule has 0 radical (unpaired) electrons. The fourth-order valence-electron chi connectivity index (χ4n) is 3.47. The fourth-order valence-corrected chi connectivity index (χ4v) is 3.47. The molecule has 28 heavy (non-hydrogen) atoms. The molecule has 1 aliphatic rings. The predicted octanol–water partition coefficient (Wildman–Crippen LogP) is 4.08. The van der Waals surface area contributed by atoms with E-state index in [2.05, 4.69) is 22.2 Å². The molecule has 1 saturated heterocycles. The summed E-state index contributed by atoms with van der Waals surface area (Å²) in [7, 11) is 0. The van der Waals surface area contributed by atoms with Crippen LogP contribution in [0.15, 0.2) is 54.9 Å². The van der Waals surface area contributed by atoms with Gasteiger partial charge in [0.2, 0.25) is 5.88 Å². The number of amides is 1. The summed E-state index contributed by atoms with van der Waals surface area (Å²) in [6, 6.07) is 12.9. The zero-order chi connectivity index (χ0) is 19.3. The lowest BCUT2D eigenvalue weighted by molar-refractivity contribution is -0.00808. The summed E-state index contributed by atoms with van der Waals surface area (Å²) in [5.41, 5.74) is 1.09. The van der Waals surface area contributed by atoms with E-state index >= 15 is 0 Å². The van der Waals surface area contributed by atoms with E-state index in [0.717, 1.165) is 30.2 Å². The van der Waals surface area contributed by atoms with Crippen molar-refractivity contribution in [2.45, 2.75) is 25.9 Å². The molecule has 3 heterocycles. The smallest absolute Gasteiger partial charge is 0.274 e. The Morgan fingerprint density at radius 2 is 2.14 bits per heavy atom. The van der Waals surface area contributed by atoms with Crippen LogP contribution in [0.2, 0.25) is 0 Å². The second-order valence-electron chi connectivity index (χ2n) is 7.10. The average molecular weight is 377 g/mol. The number of anilines is 1. The molecule has 0 spiro atoms. The van der Waals surface area contributed by atoms with Gasteiger partial charge >= 0.3 is 0 Å². The number of hydrogen-bond acceptors (Lipinski definition) is 5. The van der Waals surface area contributed by atoms with Gasteiger partial charge in [0.25, 0.3) is 5.91 Å². The molecule has 2 aromatic heterocycles. The first-order valence-corrected chi connectivity index (χ1v) is 9.54. The lowest BCUT2D eigenvalue weighted by atomic mass is 9.97. The third-order valence-electron chi connectivity index (χ3n) is 4.93. The van der Waals surface area contributed by atoms with Crippen LogP contribution in [0.1, 0.15) is 30.3 Å². The van der Waals surface area contributed by atoms with Crippen LogP contribution in [0.25, 0.3) is 10.8 Å². The van der Waals surface area contributed by atoms with Crippen molar-refractivity contribution in [3.05, 3.63) is 60.6 Å². The second-order valence-corrected chi connectivity index (χ2v) is 7.10. The highest BCUT2D eigenvalue weighted by molar-refractivity contribution is 6.04. The molecule has 6 nitrogen and oxygen atoms in total. The first kappa shape index (κ1) is 18.4. The molecule has 0 aliphatic carbocycles. The quantitative estimate of drug-likeness (QED) is 0.725. The molecule has 0 bridgehead atoms. The van der Waals surface area contributed by atoms with Crippen LogP contribution in [0.5, 0.6) is 5.88 Å². The first-order valence-electron chi connectivity index (χ1n) is 9.54. The topological polar surface area (TPSA) is 73.3 Å². The van der Waals surface area contributed by atoms with E-state index in [1.54, 1.807) is 30.6 Å². The summed E-state index contributed by atoms with van der Waals surface area (Å²) in [6.45, 7) is 3.53. The van der Waals surface area contributed by atoms with Crippen LogP contribution in [0.4, 0.5) is 5.69 Å². The minimum absolute atomic E-state index is 0.237. The van der Waals surface area contributed by atoms with Gasteiger partial charge in [-0.3, -0.25) is 9.78 Å². The van der Waals surface area contributed by atoms with Crippen LogP contribution in [-0.4, -0.2) is 35.2 Å². The Morgan fingerprint density at radius 1 is 1.21 bits per heavy atom. The molecule has 1 N–H and O–H groups in total. The van der Waals surface area contributed by atoms with E-state index in [1.807, 2.05) is 24.3 Å². The number of aromatic nitrogens is 2. The Labute approximate surface area is 163 Å². The Hall–Kier alpha value is -2.99. The van der Waals surface area contributed by atoms with E-state index < -0.39 is 0 Å². The summed E-state index contributed by atoms with van der Waals surface area (Å²) < 4.78 is 11.6. The normalized spacial score (nSPS) is 19.3. The molecule has 3 aromatic rings. The van der Waals surface area contributed by atoms with E-state index in [0.29, 0.717) is 29.8 Å². The maximum atomic E-state index is 12.3. The Balaban J connectivity index is 1.47. The van der Waals surface area contributed by atoms with Gasteiger partial charge in [-0.2, -0.15) is 0 Å². The van der Waals surface area contributed by atoms with Crippen molar-refractivity contribution < 1.29 is 14.3 Å². The molecule has 6 heteroatoms. The number of ether oxygens (including phenoxy) is 2. The van der Waals surface area contributed by atoms with Gasteiger partial charge < -0.3 is 14.8 Å². The molecule has 1 aliphatic heterocycles. The lowest BCUT2D eigenvalue weighted by Crippen LogP contribution is -2.27. The molecule has 1 aromatic carbocycles. The zero-order valence-corrected chi connectivity index (χ0v) is 15.8. The number of carbonyl (C=O) groups is 1. The number of carbonyl (C=O) groups excluding carboxylic acids is 1. The molecular formula is C22H23N3O3. The zero-order valence-electron chi connectivity index (χ0n) is 15.8. The van der Waals surface area contributed by atoms with Crippen LogP contribution >= 0.6 is 0 Å². The van der Waals surface area contributed by atoms with Crippen molar-refractivity contribution in [3.8, 4) is 5.88 Å². The number of rotatable bonds is 5. The standard InChI is InChI=1S/C22H23N3O3/c1-15-12-16(8-11-27-15)14-28-22-19-6-5-18(13-17(19)7-10-24-22)25-21(26)20-4-2-3-9-23-20/h2-7,9-10,13,15-16H,8,11-12,14H2,1H3,(H,25,26).